The molecule has 1 heterocycles. The van der Waals surface area contributed by atoms with E-state index in [4.69, 9.17) is 0 Å². The molecule has 1 amide bonds. The van der Waals surface area contributed by atoms with Crippen LogP contribution in [0.5, 0.6) is 0 Å². The average Bonchev–Trinajstić information content (AvgIpc) is 2.64. The number of hydrogen-bond acceptors (Lipinski definition) is 3. The first-order chi connectivity index (χ1) is 12.4. The van der Waals surface area contributed by atoms with Crippen LogP contribution in [-0.4, -0.2) is 15.7 Å². The van der Waals surface area contributed by atoms with Crippen LogP contribution < -0.4 is 10.9 Å². The fourth-order valence-electron chi connectivity index (χ4n) is 2.47. The van der Waals surface area contributed by atoms with Crippen LogP contribution in [0.4, 0.5) is 10.1 Å². The number of rotatable bonds is 4. The van der Waals surface area contributed by atoms with Crippen LogP contribution in [0.2, 0.25) is 0 Å². The Labute approximate surface area is 150 Å². The Morgan fingerprint density at radius 3 is 2.35 bits per heavy atom. The maximum Gasteiger partial charge on any atom is 0.267 e. The predicted octanol–water partition coefficient (Wildman–Crippen LogP) is 3.56. The Morgan fingerprint density at radius 2 is 1.69 bits per heavy atom. The minimum absolute atomic E-state index is 0.373. The Morgan fingerprint density at radius 1 is 1.04 bits per heavy atom. The number of aromatic nitrogens is 2. The predicted molar refractivity (Wildman–Crippen MR) is 98.4 cm³/mol. The Hall–Kier alpha value is -3.28. The van der Waals surface area contributed by atoms with Gasteiger partial charge in [-0.15, -0.1) is 0 Å². The van der Waals surface area contributed by atoms with Gasteiger partial charge in [0.1, 0.15) is 11.9 Å². The largest absolute Gasteiger partial charge is 0.324 e. The van der Waals surface area contributed by atoms with E-state index in [1.807, 2.05) is 31.2 Å². The molecule has 0 saturated carbocycles. The number of anilines is 1. The van der Waals surface area contributed by atoms with Crippen LogP contribution in [0.1, 0.15) is 18.5 Å². The van der Waals surface area contributed by atoms with Gasteiger partial charge in [0.15, 0.2) is 0 Å². The van der Waals surface area contributed by atoms with Crippen molar-refractivity contribution in [2.75, 3.05) is 5.32 Å². The van der Waals surface area contributed by atoms with E-state index in [1.54, 1.807) is 13.0 Å². The van der Waals surface area contributed by atoms with Crippen molar-refractivity contribution in [3.63, 3.8) is 0 Å². The Bertz CT molecular complexity index is 979. The van der Waals surface area contributed by atoms with Gasteiger partial charge in [-0.05, 0) is 44.2 Å². The molecule has 0 aliphatic heterocycles. The van der Waals surface area contributed by atoms with E-state index in [9.17, 15) is 14.0 Å². The second kappa shape index (κ2) is 7.31. The highest BCUT2D eigenvalue weighted by molar-refractivity contribution is 5.93. The summed E-state index contributed by atoms with van der Waals surface area (Å²) in [5, 5.41) is 6.99. The minimum atomic E-state index is -0.821. The molecule has 26 heavy (non-hydrogen) atoms. The molecule has 1 N–H and O–H groups in total. The molecule has 3 rings (SSSR count). The SMILES string of the molecule is Cc1ccc(-c2ccc(=O)n(C(C)C(=O)Nc3ccc(F)cc3)n2)cc1. The molecule has 1 unspecified atom stereocenters. The number of benzene rings is 2. The molecule has 0 aliphatic rings. The number of aryl methyl sites for hydroxylation is 1. The summed E-state index contributed by atoms with van der Waals surface area (Å²) < 4.78 is 14.1. The highest BCUT2D eigenvalue weighted by Crippen LogP contribution is 2.17. The fraction of sp³-hybridized carbons (Fsp3) is 0.150. The quantitative estimate of drug-likeness (QED) is 0.782. The molecule has 0 saturated heterocycles. The van der Waals surface area contributed by atoms with Crippen LogP contribution in [0.25, 0.3) is 11.3 Å². The van der Waals surface area contributed by atoms with Crippen molar-refractivity contribution in [1.82, 2.24) is 9.78 Å². The highest BCUT2D eigenvalue weighted by Gasteiger charge is 2.18. The smallest absolute Gasteiger partial charge is 0.267 e. The van der Waals surface area contributed by atoms with E-state index >= 15 is 0 Å². The van der Waals surface area contributed by atoms with Gasteiger partial charge >= 0.3 is 0 Å². The molecule has 0 radical (unpaired) electrons. The zero-order chi connectivity index (χ0) is 18.7. The second-order valence-corrected chi connectivity index (χ2v) is 6.04. The topological polar surface area (TPSA) is 64.0 Å². The molecule has 0 spiro atoms. The number of carbonyl (C=O) groups is 1. The van der Waals surface area contributed by atoms with Crippen LogP contribution >= 0.6 is 0 Å². The first-order valence-electron chi connectivity index (χ1n) is 8.17. The fourth-order valence-corrected chi connectivity index (χ4v) is 2.47. The van der Waals surface area contributed by atoms with Gasteiger partial charge in [0.2, 0.25) is 5.91 Å². The van der Waals surface area contributed by atoms with E-state index in [0.29, 0.717) is 11.4 Å². The van der Waals surface area contributed by atoms with Crippen molar-refractivity contribution < 1.29 is 9.18 Å². The summed E-state index contributed by atoms with van der Waals surface area (Å²) in [5.41, 5.74) is 2.66. The van der Waals surface area contributed by atoms with Crippen molar-refractivity contribution >= 4 is 11.6 Å². The summed E-state index contributed by atoms with van der Waals surface area (Å²) in [6.45, 7) is 3.58. The van der Waals surface area contributed by atoms with E-state index in [1.165, 1.54) is 30.3 Å². The lowest BCUT2D eigenvalue weighted by molar-refractivity contribution is -0.119. The number of nitrogens with one attached hydrogen (secondary N) is 1. The molecular weight excluding hydrogens is 333 g/mol. The van der Waals surface area contributed by atoms with Crippen molar-refractivity contribution in [2.24, 2.45) is 0 Å². The monoisotopic (exact) mass is 351 g/mol. The third-order valence-corrected chi connectivity index (χ3v) is 4.03. The first-order valence-corrected chi connectivity index (χ1v) is 8.17. The molecule has 1 atom stereocenters. The maximum absolute atomic E-state index is 13.0. The third-order valence-electron chi connectivity index (χ3n) is 4.03. The van der Waals surface area contributed by atoms with E-state index < -0.39 is 11.9 Å². The van der Waals surface area contributed by atoms with Gasteiger partial charge in [-0.2, -0.15) is 5.10 Å². The summed E-state index contributed by atoms with van der Waals surface area (Å²) in [4.78, 5) is 24.6. The van der Waals surface area contributed by atoms with Crippen LogP contribution in [0.3, 0.4) is 0 Å². The summed E-state index contributed by atoms with van der Waals surface area (Å²) in [7, 11) is 0. The second-order valence-electron chi connectivity index (χ2n) is 6.04. The van der Waals surface area contributed by atoms with Gasteiger partial charge in [0.05, 0.1) is 5.69 Å². The van der Waals surface area contributed by atoms with Gasteiger partial charge in [0.25, 0.3) is 5.56 Å². The van der Waals surface area contributed by atoms with Gasteiger partial charge in [-0.3, -0.25) is 9.59 Å². The van der Waals surface area contributed by atoms with E-state index in [0.717, 1.165) is 15.8 Å². The number of hydrogen-bond donors (Lipinski definition) is 1. The summed E-state index contributed by atoms with van der Waals surface area (Å²) in [5.74, 6) is -0.799. The lowest BCUT2D eigenvalue weighted by Crippen LogP contribution is -2.33. The minimum Gasteiger partial charge on any atom is -0.324 e. The number of amides is 1. The average molecular weight is 351 g/mol. The van der Waals surface area contributed by atoms with E-state index in [2.05, 4.69) is 10.4 Å². The lowest BCUT2D eigenvalue weighted by atomic mass is 10.1. The number of carbonyl (C=O) groups excluding carboxylic acids is 1. The zero-order valence-electron chi connectivity index (χ0n) is 14.4. The van der Waals surface area contributed by atoms with Gasteiger partial charge in [-0.25, -0.2) is 9.07 Å². The molecule has 0 fully saturated rings. The highest BCUT2D eigenvalue weighted by atomic mass is 19.1. The molecular formula is C20H18FN3O2. The van der Waals surface area contributed by atoms with Crippen molar-refractivity contribution in [3.05, 3.63) is 82.4 Å². The van der Waals surface area contributed by atoms with Crippen molar-refractivity contribution in [3.8, 4) is 11.3 Å². The van der Waals surface area contributed by atoms with E-state index in [-0.39, 0.29) is 11.4 Å². The summed E-state index contributed by atoms with van der Waals surface area (Å²) in [6, 6.07) is 15.4. The summed E-state index contributed by atoms with van der Waals surface area (Å²) >= 11 is 0. The standard InChI is InChI=1S/C20H18FN3O2/c1-13-3-5-15(6-4-13)18-11-12-19(25)24(23-18)14(2)20(26)22-17-9-7-16(21)8-10-17/h3-12,14H,1-2H3,(H,22,26). The molecule has 0 bridgehead atoms. The number of nitrogens with zero attached hydrogens (tertiary/aromatic N) is 2. The Balaban J connectivity index is 1.86. The molecule has 3 aromatic rings. The van der Waals surface area contributed by atoms with Gasteiger partial charge in [-0.1, -0.05) is 29.8 Å². The molecule has 6 heteroatoms. The van der Waals surface area contributed by atoms with Gasteiger partial charge < -0.3 is 5.32 Å². The van der Waals surface area contributed by atoms with Crippen molar-refractivity contribution in [2.45, 2.75) is 19.9 Å². The van der Waals surface area contributed by atoms with Crippen LogP contribution in [-0.2, 0) is 4.79 Å². The molecule has 132 valence electrons. The molecule has 1 aromatic heterocycles. The maximum atomic E-state index is 13.0. The van der Waals surface area contributed by atoms with Crippen LogP contribution in [0.15, 0.2) is 65.5 Å². The van der Waals surface area contributed by atoms with Gasteiger partial charge in [0, 0.05) is 17.3 Å². The van der Waals surface area contributed by atoms with Crippen molar-refractivity contribution in [1.29, 1.82) is 0 Å². The third kappa shape index (κ3) is 3.85. The molecule has 5 nitrogen and oxygen atoms in total. The summed E-state index contributed by atoms with van der Waals surface area (Å²) in [6.07, 6.45) is 0. The number of halogens is 1. The zero-order valence-corrected chi connectivity index (χ0v) is 14.4. The molecule has 2 aromatic carbocycles. The molecule has 0 aliphatic carbocycles. The lowest BCUT2D eigenvalue weighted by Gasteiger charge is -2.15. The first kappa shape index (κ1) is 17.5. The normalized spacial score (nSPS) is 11.8. The Kier molecular flexibility index (Phi) is 4.93. The van der Waals surface area contributed by atoms with Crippen LogP contribution in [0, 0.1) is 12.7 Å².